The maximum atomic E-state index is 9.38. The van der Waals surface area contributed by atoms with E-state index in [0.717, 1.165) is 21.8 Å². The average molecular weight is 303 g/mol. The molecule has 0 spiro atoms. The lowest BCUT2D eigenvalue weighted by molar-refractivity contribution is 1.32. The molecule has 1 aromatic carbocycles. The molecule has 3 nitrogen and oxygen atoms in total. The zero-order valence-electron chi connectivity index (χ0n) is 12.0. The summed E-state index contributed by atoms with van der Waals surface area (Å²) < 4.78 is 0. The fraction of sp³-hybridized carbons (Fsp3) is 0.0556. The minimum absolute atomic E-state index is 0.552. The second-order valence-corrected chi connectivity index (χ2v) is 5.72. The summed E-state index contributed by atoms with van der Waals surface area (Å²) in [6.07, 6.45) is 5.25. The van der Waals surface area contributed by atoms with Gasteiger partial charge in [0.2, 0.25) is 0 Å². The van der Waals surface area contributed by atoms with Crippen LogP contribution in [0.5, 0.6) is 0 Å². The molecule has 0 aliphatic carbocycles. The number of aromatic nitrogens is 2. The lowest BCUT2D eigenvalue weighted by Gasteiger charge is -1.97. The molecule has 0 N–H and O–H groups in total. The van der Waals surface area contributed by atoms with Gasteiger partial charge in [-0.2, -0.15) is 5.26 Å². The second-order valence-electron chi connectivity index (χ2n) is 4.86. The molecule has 2 aromatic heterocycles. The van der Waals surface area contributed by atoms with E-state index in [2.05, 4.69) is 35.1 Å². The van der Waals surface area contributed by atoms with Gasteiger partial charge in [-0.1, -0.05) is 35.9 Å². The molecule has 106 valence electrons. The number of rotatable bonds is 3. The highest BCUT2D eigenvalue weighted by molar-refractivity contribution is 7.11. The first-order valence-electron chi connectivity index (χ1n) is 6.81. The Morgan fingerprint density at radius 1 is 1.23 bits per heavy atom. The van der Waals surface area contributed by atoms with Crippen molar-refractivity contribution in [3.8, 4) is 17.3 Å². The molecule has 0 saturated heterocycles. The number of aryl methyl sites for hydroxylation is 1. The van der Waals surface area contributed by atoms with E-state index < -0.39 is 0 Å². The molecule has 0 aliphatic rings. The maximum Gasteiger partial charge on any atom is 0.134 e. The third kappa shape index (κ3) is 3.11. The van der Waals surface area contributed by atoms with E-state index in [4.69, 9.17) is 0 Å². The van der Waals surface area contributed by atoms with Crippen LogP contribution in [0.2, 0.25) is 0 Å². The van der Waals surface area contributed by atoms with Crippen molar-refractivity contribution in [2.45, 2.75) is 6.92 Å². The summed E-state index contributed by atoms with van der Waals surface area (Å²) in [6, 6.07) is 14.2. The van der Waals surface area contributed by atoms with Crippen LogP contribution >= 0.6 is 11.3 Å². The van der Waals surface area contributed by atoms with E-state index in [1.165, 1.54) is 16.9 Å². The van der Waals surface area contributed by atoms with Crippen LogP contribution in [0, 0.1) is 18.3 Å². The fourth-order valence-electron chi connectivity index (χ4n) is 2.02. The average Bonchev–Trinajstić information content (AvgIpc) is 3.04. The highest BCUT2D eigenvalue weighted by atomic mass is 32.1. The Hall–Kier alpha value is -2.77. The minimum Gasteiger partial charge on any atom is -0.264 e. The standard InChI is InChI=1S/C18H13N3S/c1-13-4-6-15(7-5-13)17-12-22-18(21-17)16(10-19)9-14-3-2-8-20-11-14/h2-9,11-12H,1H3. The van der Waals surface area contributed by atoms with Crippen LogP contribution < -0.4 is 0 Å². The molecule has 0 amide bonds. The molecule has 0 fully saturated rings. The summed E-state index contributed by atoms with van der Waals surface area (Å²) in [5.74, 6) is 0. The van der Waals surface area contributed by atoms with E-state index in [1.54, 1.807) is 12.4 Å². The van der Waals surface area contributed by atoms with Gasteiger partial charge < -0.3 is 0 Å². The van der Waals surface area contributed by atoms with Crippen molar-refractivity contribution in [3.05, 3.63) is 70.3 Å². The van der Waals surface area contributed by atoms with Gasteiger partial charge in [0.25, 0.3) is 0 Å². The molecule has 3 aromatic rings. The van der Waals surface area contributed by atoms with Gasteiger partial charge >= 0.3 is 0 Å². The zero-order chi connectivity index (χ0) is 15.4. The van der Waals surface area contributed by atoms with Crippen LogP contribution in [-0.4, -0.2) is 9.97 Å². The van der Waals surface area contributed by atoms with Gasteiger partial charge in [0.15, 0.2) is 0 Å². The number of hydrogen-bond acceptors (Lipinski definition) is 4. The van der Waals surface area contributed by atoms with E-state index in [9.17, 15) is 5.26 Å². The van der Waals surface area contributed by atoms with Gasteiger partial charge in [0.1, 0.15) is 11.1 Å². The lowest BCUT2D eigenvalue weighted by atomic mass is 10.1. The van der Waals surface area contributed by atoms with Gasteiger partial charge in [0.05, 0.1) is 11.3 Å². The number of thiazole rings is 1. The van der Waals surface area contributed by atoms with Crippen molar-refractivity contribution in [2.75, 3.05) is 0 Å². The van der Waals surface area contributed by atoms with Crippen molar-refractivity contribution in [1.82, 2.24) is 9.97 Å². The van der Waals surface area contributed by atoms with E-state index in [1.807, 2.05) is 35.7 Å². The highest BCUT2D eigenvalue weighted by Crippen LogP contribution is 2.27. The second kappa shape index (κ2) is 6.33. The quantitative estimate of drug-likeness (QED) is 0.665. The molecule has 0 radical (unpaired) electrons. The Balaban J connectivity index is 1.94. The van der Waals surface area contributed by atoms with Crippen LogP contribution in [0.4, 0.5) is 0 Å². The number of pyridine rings is 1. The summed E-state index contributed by atoms with van der Waals surface area (Å²) in [5, 5.41) is 12.1. The van der Waals surface area contributed by atoms with Crippen LogP contribution in [0.1, 0.15) is 16.1 Å². The molecule has 0 bridgehead atoms. The molecule has 4 heteroatoms. The maximum absolute atomic E-state index is 9.38. The molecular formula is C18H13N3S. The third-order valence-corrected chi connectivity index (χ3v) is 4.07. The van der Waals surface area contributed by atoms with E-state index in [0.29, 0.717) is 5.57 Å². The molecule has 22 heavy (non-hydrogen) atoms. The topological polar surface area (TPSA) is 49.6 Å². The third-order valence-electron chi connectivity index (χ3n) is 3.20. The van der Waals surface area contributed by atoms with Crippen LogP contribution in [-0.2, 0) is 0 Å². The number of nitrogens with zero attached hydrogens (tertiary/aromatic N) is 3. The first-order chi connectivity index (χ1) is 10.8. The van der Waals surface area contributed by atoms with E-state index >= 15 is 0 Å². The smallest absolute Gasteiger partial charge is 0.134 e. The molecule has 0 unspecified atom stereocenters. The molecule has 0 atom stereocenters. The molecule has 0 aliphatic heterocycles. The van der Waals surface area contributed by atoms with Crippen LogP contribution in [0.15, 0.2) is 54.2 Å². The first-order valence-corrected chi connectivity index (χ1v) is 7.69. The largest absolute Gasteiger partial charge is 0.264 e. The molecule has 2 heterocycles. The Kier molecular flexibility index (Phi) is 4.08. The van der Waals surface area contributed by atoms with E-state index in [-0.39, 0.29) is 0 Å². The lowest BCUT2D eigenvalue weighted by Crippen LogP contribution is -1.83. The summed E-state index contributed by atoms with van der Waals surface area (Å²) in [6.45, 7) is 2.06. The van der Waals surface area contributed by atoms with Gasteiger partial charge in [-0.3, -0.25) is 4.98 Å². The highest BCUT2D eigenvalue weighted by Gasteiger charge is 2.09. The molecule has 3 rings (SSSR count). The van der Waals surface area contributed by atoms with Crippen LogP contribution in [0.3, 0.4) is 0 Å². The van der Waals surface area contributed by atoms with Gasteiger partial charge in [0, 0.05) is 23.3 Å². The first kappa shape index (κ1) is 14.2. The van der Waals surface area contributed by atoms with Crippen molar-refractivity contribution >= 4 is 23.0 Å². The number of hydrogen-bond donors (Lipinski definition) is 0. The predicted octanol–water partition coefficient (Wildman–Crippen LogP) is 4.58. The predicted molar refractivity (Wildman–Crippen MR) is 90.0 cm³/mol. The van der Waals surface area contributed by atoms with Crippen molar-refractivity contribution in [2.24, 2.45) is 0 Å². The van der Waals surface area contributed by atoms with Crippen molar-refractivity contribution < 1.29 is 0 Å². The summed E-state index contributed by atoms with van der Waals surface area (Å²) in [7, 11) is 0. The minimum atomic E-state index is 0.552. The van der Waals surface area contributed by atoms with Crippen molar-refractivity contribution in [3.63, 3.8) is 0 Å². The molecule has 0 saturated carbocycles. The normalized spacial score (nSPS) is 11.2. The Morgan fingerprint density at radius 2 is 2.05 bits per heavy atom. The van der Waals surface area contributed by atoms with Crippen LogP contribution in [0.25, 0.3) is 22.9 Å². The molecular weight excluding hydrogens is 290 g/mol. The summed E-state index contributed by atoms with van der Waals surface area (Å²) in [4.78, 5) is 8.64. The van der Waals surface area contributed by atoms with Gasteiger partial charge in [-0.05, 0) is 24.6 Å². The number of allylic oxidation sites excluding steroid dienone is 1. The van der Waals surface area contributed by atoms with Gasteiger partial charge in [-0.15, -0.1) is 11.3 Å². The van der Waals surface area contributed by atoms with Gasteiger partial charge in [-0.25, -0.2) is 4.98 Å². The number of nitriles is 1. The Labute approximate surface area is 133 Å². The van der Waals surface area contributed by atoms with Crippen molar-refractivity contribution in [1.29, 1.82) is 5.26 Å². The fourth-order valence-corrected chi connectivity index (χ4v) is 2.82. The zero-order valence-corrected chi connectivity index (χ0v) is 12.8. The SMILES string of the molecule is Cc1ccc(-c2csc(C(C#N)=Cc3cccnc3)n2)cc1. The summed E-state index contributed by atoms with van der Waals surface area (Å²) in [5.41, 5.74) is 4.62. The Morgan fingerprint density at radius 3 is 2.73 bits per heavy atom. The Bertz CT molecular complexity index is 840. The monoisotopic (exact) mass is 303 g/mol. The summed E-state index contributed by atoms with van der Waals surface area (Å²) >= 11 is 1.48. The number of benzene rings is 1.